The molecule has 0 aliphatic heterocycles. The van der Waals surface area contributed by atoms with Gasteiger partial charge in [0, 0.05) is 103 Å². The second kappa shape index (κ2) is 23.4. The van der Waals surface area contributed by atoms with E-state index >= 15 is 0 Å². The summed E-state index contributed by atoms with van der Waals surface area (Å²) in [7, 11) is 0. The molecule has 0 amide bonds. The minimum atomic E-state index is -0.115. The van der Waals surface area contributed by atoms with Gasteiger partial charge in [-0.05, 0) is 159 Å². The van der Waals surface area contributed by atoms with Crippen LogP contribution < -0.4 is 0 Å². The second-order valence-electron chi connectivity index (χ2n) is 19.8. The highest BCUT2D eigenvalue weighted by Gasteiger charge is 2.21. The van der Waals surface area contributed by atoms with Gasteiger partial charge in [0.25, 0.3) is 0 Å². The van der Waals surface area contributed by atoms with Crippen molar-refractivity contribution in [2.45, 2.75) is 137 Å². The molecule has 2 heterocycles. The zero-order valence-electron chi connectivity index (χ0n) is 42.1. The van der Waals surface area contributed by atoms with Crippen LogP contribution in [-0.2, 0) is 13.1 Å². The molecule has 0 spiro atoms. The van der Waals surface area contributed by atoms with Crippen molar-refractivity contribution in [3.63, 3.8) is 0 Å². The SMILES string of the molecule is CCCCC(CC)Cn1c2ccc(C(=O)CCCCCCCC(=O)c3ccc4c(c3)c3cc(C(=O)c5ccc(O)cc5)ccc3n4CC(CC)CCCC)cc2c2cc(C(=O)c3ccc(O)cc3)ccc21. The summed E-state index contributed by atoms with van der Waals surface area (Å²) in [5.41, 5.74) is 7.75. The first-order chi connectivity index (χ1) is 34.5. The molecule has 2 atom stereocenters. The number of nitrogens with zero attached hydrogens (tertiary/aromatic N) is 2. The van der Waals surface area contributed by atoms with E-state index in [2.05, 4.69) is 49.0 Å². The molecule has 2 aromatic heterocycles. The summed E-state index contributed by atoms with van der Waals surface area (Å²) in [6, 6.07) is 36.6. The minimum absolute atomic E-state index is 0.105. The van der Waals surface area contributed by atoms with Crippen LogP contribution in [0.2, 0.25) is 0 Å². The Hall–Kier alpha value is -6.80. The van der Waals surface area contributed by atoms with Crippen molar-refractivity contribution in [2.24, 2.45) is 11.8 Å². The Morgan fingerprint density at radius 3 is 1.04 bits per heavy atom. The highest BCUT2D eigenvalue weighted by molar-refractivity contribution is 6.17. The average Bonchev–Trinajstić information content (AvgIpc) is 3.87. The first-order valence-electron chi connectivity index (χ1n) is 26.4. The van der Waals surface area contributed by atoms with E-state index in [0.717, 1.165) is 127 Å². The number of aromatic hydroxyl groups is 2. The molecule has 0 radical (unpaired) electrons. The third kappa shape index (κ3) is 11.5. The van der Waals surface area contributed by atoms with Crippen LogP contribution in [0.1, 0.15) is 177 Å². The average molecular weight is 951 g/mol. The number of phenols is 2. The molecule has 8 nitrogen and oxygen atoms in total. The van der Waals surface area contributed by atoms with Crippen molar-refractivity contribution in [1.29, 1.82) is 0 Å². The van der Waals surface area contributed by atoms with Crippen molar-refractivity contribution in [3.8, 4) is 11.5 Å². The zero-order valence-corrected chi connectivity index (χ0v) is 42.1. The van der Waals surface area contributed by atoms with Crippen LogP contribution in [0.5, 0.6) is 11.5 Å². The highest BCUT2D eigenvalue weighted by atomic mass is 16.3. The normalized spacial score (nSPS) is 12.6. The number of phenolic OH excluding ortho intramolecular Hbond substituents is 2. The van der Waals surface area contributed by atoms with E-state index in [0.29, 0.717) is 58.1 Å². The summed E-state index contributed by atoms with van der Waals surface area (Å²) in [5, 5.41) is 23.5. The Bertz CT molecular complexity index is 2960. The first kappa shape index (κ1) is 50.6. The number of carbonyl (C=O) groups is 4. The Balaban J connectivity index is 0.918. The maximum absolute atomic E-state index is 13.8. The molecule has 8 rings (SSSR count). The number of hydrogen-bond donors (Lipinski definition) is 2. The second-order valence-corrected chi connectivity index (χ2v) is 19.8. The van der Waals surface area contributed by atoms with Gasteiger partial charge >= 0.3 is 0 Å². The number of rotatable bonds is 26. The van der Waals surface area contributed by atoms with Gasteiger partial charge in [-0.15, -0.1) is 0 Å². The van der Waals surface area contributed by atoms with Gasteiger partial charge in [0.1, 0.15) is 11.5 Å². The monoisotopic (exact) mass is 951 g/mol. The van der Waals surface area contributed by atoms with Crippen LogP contribution in [0.25, 0.3) is 43.6 Å². The number of Topliss-reactive ketones (excluding diaryl/α,β-unsaturated/α-hetero) is 2. The van der Waals surface area contributed by atoms with Crippen LogP contribution in [-0.4, -0.2) is 42.5 Å². The maximum atomic E-state index is 13.8. The number of benzene rings is 6. The molecule has 8 aromatic rings. The lowest BCUT2D eigenvalue weighted by molar-refractivity contribution is 0.0974. The molecule has 0 aliphatic rings. The molecular weight excluding hydrogens is 881 g/mol. The summed E-state index contributed by atoms with van der Waals surface area (Å²) < 4.78 is 4.74. The summed E-state index contributed by atoms with van der Waals surface area (Å²) in [6.45, 7) is 10.7. The van der Waals surface area contributed by atoms with E-state index in [4.69, 9.17) is 0 Å². The lowest BCUT2D eigenvalue weighted by Crippen LogP contribution is -2.10. The fraction of sp³-hybridized carbons (Fsp3) is 0.365. The van der Waals surface area contributed by atoms with Crippen LogP contribution in [0.15, 0.2) is 121 Å². The Morgan fingerprint density at radius 1 is 0.394 bits per heavy atom. The largest absolute Gasteiger partial charge is 0.508 e. The molecule has 0 saturated carbocycles. The molecule has 0 aliphatic carbocycles. The first-order valence-corrected chi connectivity index (χ1v) is 26.4. The van der Waals surface area contributed by atoms with Gasteiger partial charge < -0.3 is 19.3 Å². The third-order valence-electron chi connectivity index (χ3n) is 14.9. The van der Waals surface area contributed by atoms with Crippen molar-refractivity contribution >= 4 is 66.7 Å². The number of aromatic nitrogens is 2. The molecule has 0 bridgehead atoms. The predicted molar refractivity (Wildman–Crippen MR) is 290 cm³/mol. The number of hydrogen-bond acceptors (Lipinski definition) is 6. The third-order valence-corrected chi connectivity index (χ3v) is 14.9. The van der Waals surface area contributed by atoms with Crippen molar-refractivity contribution in [3.05, 3.63) is 155 Å². The summed E-state index contributed by atoms with van der Waals surface area (Å²) in [4.78, 5) is 54.7. The van der Waals surface area contributed by atoms with Crippen molar-refractivity contribution < 1.29 is 29.4 Å². The van der Waals surface area contributed by atoms with Gasteiger partial charge in [-0.3, -0.25) is 19.2 Å². The summed E-state index contributed by atoms with van der Waals surface area (Å²) >= 11 is 0. The number of ketones is 4. The molecular formula is C63H70N2O6. The Morgan fingerprint density at radius 2 is 0.704 bits per heavy atom. The standard InChI is InChI=1S/C63H70N2O6/c1-5-9-16-42(7-3)40-64-56-32-24-46(36-52(56)54-38-48(26-34-58(54)64)62(70)44-20-28-50(66)29-21-44)60(68)18-14-12-11-13-15-19-61(69)47-25-33-57-53(37-47)55-39-49(63(71)45-22-30-51(67)31-23-45)27-35-59(55)65(57)41-43(8-4)17-10-6-2/h20-39,42-43,66-67H,5-19,40-41H2,1-4H3. The number of unbranched alkanes of at least 4 members (excludes halogenated alkanes) is 6. The van der Waals surface area contributed by atoms with Crippen LogP contribution in [0.3, 0.4) is 0 Å². The van der Waals surface area contributed by atoms with E-state index in [1.165, 1.54) is 37.1 Å². The lowest BCUT2D eigenvalue weighted by atomic mass is 9.98. The maximum Gasteiger partial charge on any atom is 0.193 e. The summed E-state index contributed by atoms with van der Waals surface area (Å²) in [5.74, 6) is 1.24. The lowest BCUT2D eigenvalue weighted by Gasteiger charge is -2.17. The van der Waals surface area contributed by atoms with Gasteiger partial charge in [-0.1, -0.05) is 85.5 Å². The fourth-order valence-electron chi connectivity index (χ4n) is 10.5. The molecule has 0 saturated heterocycles. The zero-order chi connectivity index (χ0) is 50.0. The smallest absolute Gasteiger partial charge is 0.193 e. The summed E-state index contributed by atoms with van der Waals surface area (Å²) in [6.07, 6.45) is 14.3. The van der Waals surface area contributed by atoms with Crippen LogP contribution in [0, 0.1) is 11.8 Å². The quantitative estimate of drug-likeness (QED) is 0.0412. The number of fused-ring (bicyclic) bond motifs is 6. The van der Waals surface area contributed by atoms with Crippen LogP contribution >= 0.6 is 0 Å². The van der Waals surface area contributed by atoms with E-state index in [-0.39, 0.29) is 34.6 Å². The molecule has 8 heteroatoms. The van der Waals surface area contributed by atoms with Crippen molar-refractivity contribution in [1.82, 2.24) is 9.13 Å². The van der Waals surface area contributed by atoms with Gasteiger partial charge in [-0.2, -0.15) is 0 Å². The van der Waals surface area contributed by atoms with E-state index in [9.17, 15) is 29.4 Å². The van der Waals surface area contributed by atoms with E-state index < -0.39 is 0 Å². The van der Waals surface area contributed by atoms with Gasteiger partial charge in [0.2, 0.25) is 0 Å². The highest BCUT2D eigenvalue weighted by Crippen LogP contribution is 2.36. The molecule has 71 heavy (non-hydrogen) atoms. The van der Waals surface area contributed by atoms with E-state index in [1.807, 2.05) is 60.7 Å². The molecule has 6 aromatic carbocycles. The van der Waals surface area contributed by atoms with E-state index in [1.54, 1.807) is 24.3 Å². The number of carbonyl (C=O) groups excluding carboxylic acids is 4. The van der Waals surface area contributed by atoms with Gasteiger partial charge in [-0.25, -0.2) is 0 Å². The minimum Gasteiger partial charge on any atom is -0.508 e. The Labute approximate surface area is 418 Å². The molecule has 2 unspecified atom stereocenters. The predicted octanol–water partition coefficient (Wildman–Crippen LogP) is 16.0. The van der Waals surface area contributed by atoms with Crippen LogP contribution in [0.4, 0.5) is 0 Å². The topological polar surface area (TPSA) is 119 Å². The molecule has 2 N–H and O–H groups in total. The van der Waals surface area contributed by atoms with Gasteiger partial charge in [0.15, 0.2) is 23.1 Å². The van der Waals surface area contributed by atoms with Gasteiger partial charge in [0.05, 0.1) is 0 Å². The van der Waals surface area contributed by atoms with Crippen molar-refractivity contribution in [2.75, 3.05) is 0 Å². The fourth-order valence-corrected chi connectivity index (χ4v) is 10.5. The Kier molecular flexibility index (Phi) is 16.7. The molecule has 0 fully saturated rings. The molecule has 368 valence electrons.